The van der Waals surface area contributed by atoms with Gasteiger partial charge in [-0.3, -0.25) is 4.57 Å². The topological polar surface area (TPSA) is 56.2 Å². The smallest absolute Gasteiger partial charge is 0.326 e. The van der Waals surface area contributed by atoms with E-state index in [2.05, 4.69) is 4.98 Å². The van der Waals surface area contributed by atoms with Crippen LogP contribution in [-0.4, -0.2) is 28.6 Å². The first kappa shape index (κ1) is 13.8. The maximum atomic E-state index is 12.0. The highest BCUT2D eigenvalue weighted by Gasteiger charge is 2.27. The number of nitrogens with one attached hydrogen (secondary N) is 1. The Morgan fingerprint density at radius 1 is 1.21 bits per heavy atom. The molecule has 0 aliphatic carbocycles. The largest absolute Gasteiger partial charge is 0.349 e. The first-order valence-electron chi connectivity index (χ1n) is 6.55. The van der Waals surface area contributed by atoms with Gasteiger partial charge in [0.25, 0.3) is 0 Å². The molecule has 1 aromatic carbocycles. The van der Waals surface area contributed by atoms with E-state index in [1.165, 1.54) is 0 Å². The maximum absolute atomic E-state index is 12.0. The summed E-state index contributed by atoms with van der Waals surface area (Å²) in [7, 11) is 0. The summed E-state index contributed by atoms with van der Waals surface area (Å²) in [6.45, 7) is 7.11. The molecular formula is C14H20N2O3. The number of hydrogen-bond acceptors (Lipinski definition) is 3. The van der Waals surface area contributed by atoms with Gasteiger partial charge < -0.3 is 14.5 Å². The van der Waals surface area contributed by atoms with Crippen molar-refractivity contribution < 1.29 is 9.47 Å². The van der Waals surface area contributed by atoms with Crippen LogP contribution in [0.25, 0.3) is 11.0 Å². The normalized spacial score (nSPS) is 12.2. The zero-order chi connectivity index (χ0) is 13.9. The van der Waals surface area contributed by atoms with Crippen LogP contribution in [0.1, 0.15) is 20.8 Å². The van der Waals surface area contributed by atoms with Crippen molar-refractivity contribution in [3.63, 3.8) is 0 Å². The minimum Gasteiger partial charge on any atom is -0.349 e. The van der Waals surface area contributed by atoms with Crippen LogP contribution in [0.2, 0.25) is 0 Å². The van der Waals surface area contributed by atoms with Crippen LogP contribution in [0.15, 0.2) is 29.1 Å². The fraction of sp³-hybridized carbons (Fsp3) is 0.500. The zero-order valence-electron chi connectivity index (χ0n) is 11.6. The van der Waals surface area contributed by atoms with Crippen molar-refractivity contribution in [1.82, 2.24) is 9.55 Å². The number of para-hydroxylation sites is 2. The van der Waals surface area contributed by atoms with Gasteiger partial charge in [0.2, 0.25) is 0 Å². The van der Waals surface area contributed by atoms with Gasteiger partial charge in [0, 0.05) is 13.2 Å². The van der Waals surface area contributed by atoms with Gasteiger partial charge in [0.15, 0.2) is 5.79 Å². The van der Waals surface area contributed by atoms with E-state index >= 15 is 0 Å². The molecule has 5 heteroatoms. The summed E-state index contributed by atoms with van der Waals surface area (Å²) in [6.07, 6.45) is 0. The summed E-state index contributed by atoms with van der Waals surface area (Å²) in [5, 5.41) is 0. The molecule has 104 valence electrons. The van der Waals surface area contributed by atoms with Crippen molar-refractivity contribution in [3.05, 3.63) is 34.7 Å². The molecule has 2 rings (SSSR count). The van der Waals surface area contributed by atoms with Gasteiger partial charge in [0.1, 0.15) is 0 Å². The highest BCUT2D eigenvalue weighted by molar-refractivity contribution is 5.74. The van der Waals surface area contributed by atoms with Crippen molar-refractivity contribution >= 4 is 11.0 Å². The number of aromatic nitrogens is 2. The fourth-order valence-corrected chi connectivity index (χ4v) is 2.29. The van der Waals surface area contributed by atoms with Crippen molar-refractivity contribution in [3.8, 4) is 0 Å². The molecule has 0 radical (unpaired) electrons. The number of H-pyrrole nitrogens is 1. The fourth-order valence-electron chi connectivity index (χ4n) is 2.29. The van der Waals surface area contributed by atoms with Crippen LogP contribution in [0.3, 0.4) is 0 Å². The molecule has 0 aliphatic rings. The van der Waals surface area contributed by atoms with E-state index in [9.17, 15) is 4.79 Å². The van der Waals surface area contributed by atoms with Crippen LogP contribution >= 0.6 is 0 Å². The summed E-state index contributed by atoms with van der Waals surface area (Å²) in [6, 6.07) is 7.59. The summed E-state index contributed by atoms with van der Waals surface area (Å²) in [4.78, 5) is 14.9. The summed E-state index contributed by atoms with van der Waals surface area (Å²) in [5.41, 5.74) is 1.54. The second-order valence-corrected chi connectivity index (χ2v) is 4.53. The van der Waals surface area contributed by atoms with Crippen molar-refractivity contribution in [2.75, 3.05) is 13.2 Å². The Morgan fingerprint density at radius 2 is 1.84 bits per heavy atom. The monoisotopic (exact) mass is 264 g/mol. The van der Waals surface area contributed by atoms with Crippen LogP contribution in [0.5, 0.6) is 0 Å². The molecule has 1 aromatic heterocycles. The van der Waals surface area contributed by atoms with Gasteiger partial charge in [-0.2, -0.15) is 0 Å². The van der Waals surface area contributed by atoms with E-state index in [0.717, 1.165) is 11.0 Å². The Kier molecular flexibility index (Phi) is 4.07. The Hall–Kier alpha value is -1.59. The van der Waals surface area contributed by atoms with E-state index in [-0.39, 0.29) is 5.69 Å². The average molecular weight is 264 g/mol. The number of aromatic amines is 1. The van der Waals surface area contributed by atoms with Crippen LogP contribution in [0, 0.1) is 0 Å². The van der Waals surface area contributed by atoms with E-state index < -0.39 is 5.79 Å². The molecule has 0 unspecified atom stereocenters. The van der Waals surface area contributed by atoms with E-state index in [1.807, 2.05) is 45.0 Å². The van der Waals surface area contributed by atoms with E-state index in [4.69, 9.17) is 9.47 Å². The first-order valence-corrected chi connectivity index (χ1v) is 6.55. The third kappa shape index (κ3) is 2.88. The molecule has 1 N–H and O–H groups in total. The van der Waals surface area contributed by atoms with Crippen molar-refractivity contribution in [2.24, 2.45) is 0 Å². The van der Waals surface area contributed by atoms with Gasteiger partial charge in [-0.15, -0.1) is 0 Å². The molecule has 2 aromatic rings. The molecule has 0 fully saturated rings. The molecule has 1 heterocycles. The molecule has 0 saturated carbocycles. The highest BCUT2D eigenvalue weighted by Crippen LogP contribution is 2.18. The third-order valence-electron chi connectivity index (χ3n) is 3.03. The zero-order valence-corrected chi connectivity index (χ0v) is 11.6. The van der Waals surface area contributed by atoms with E-state index in [1.54, 1.807) is 4.57 Å². The standard InChI is InChI=1S/C14H20N2O3/c1-4-18-14(3,19-5-2)10-16-12-9-7-6-8-11(12)15-13(16)17/h6-9H,4-5,10H2,1-3H3,(H,15,17). The number of nitrogens with zero attached hydrogens (tertiary/aromatic N) is 1. The quantitative estimate of drug-likeness (QED) is 0.813. The molecule has 19 heavy (non-hydrogen) atoms. The summed E-state index contributed by atoms with van der Waals surface area (Å²) < 4.78 is 13.0. The average Bonchev–Trinajstić information content (AvgIpc) is 2.67. The number of rotatable bonds is 6. The highest BCUT2D eigenvalue weighted by atomic mass is 16.7. The Bertz CT molecular complexity index is 594. The number of imidazole rings is 1. The van der Waals surface area contributed by atoms with Gasteiger partial charge in [-0.1, -0.05) is 12.1 Å². The van der Waals surface area contributed by atoms with Gasteiger partial charge in [-0.25, -0.2) is 4.79 Å². The van der Waals surface area contributed by atoms with Gasteiger partial charge >= 0.3 is 5.69 Å². The molecule has 0 bridgehead atoms. The lowest BCUT2D eigenvalue weighted by atomic mass is 10.2. The third-order valence-corrected chi connectivity index (χ3v) is 3.03. The number of ether oxygens (including phenoxy) is 2. The lowest BCUT2D eigenvalue weighted by molar-refractivity contribution is -0.228. The molecular weight excluding hydrogens is 244 g/mol. The Labute approximate surface area is 112 Å². The first-order chi connectivity index (χ1) is 9.09. The van der Waals surface area contributed by atoms with Crippen LogP contribution in [0.4, 0.5) is 0 Å². The molecule has 0 amide bonds. The molecule has 5 nitrogen and oxygen atoms in total. The van der Waals surface area contributed by atoms with Crippen molar-refractivity contribution in [2.45, 2.75) is 33.1 Å². The predicted octanol–water partition coefficient (Wildman–Crippen LogP) is 2.12. The minimum absolute atomic E-state index is 0.146. The predicted molar refractivity (Wildman–Crippen MR) is 74.2 cm³/mol. The van der Waals surface area contributed by atoms with Gasteiger partial charge in [-0.05, 0) is 32.9 Å². The Morgan fingerprint density at radius 3 is 2.47 bits per heavy atom. The molecule has 0 saturated heterocycles. The van der Waals surface area contributed by atoms with Crippen LogP contribution in [-0.2, 0) is 16.0 Å². The van der Waals surface area contributed by atoms with Gasteiger partial charge in [0.05, 0.1) is 17.6 Å². The Balaban J connectivity index is 2.38. The number of hydrogen-bond donors (Lipinski definition) is 1. The second kappa shape index (κ2) is 5.59. The summed E-state index contributed by atoms with van der Waals surface area (Å²) >= 11 is 0. The molecule has 0 aliphatic heterocycles. The summed E-state index contributed by atoms with van der Waals surface area (Å²) in [5.74, 6) is -0.793. The lowest BCUT2D eigenvalue weighted by Gasteiger charge is -2.29. The minimum atomic E-state index is -0.793. The second-order valence-electron chi connectivity index (χ2n) is 4.53. The SMILES string of the molecule is CCOC(C)(Cn1c(=O)[nH]c2ccccc21)OCC. The van der Waals surface area contributed by atoms with Crippen molar-refractivity contribution in [1.29, 1.82) is 0 Å². The number of fused-ring (bicyclic) bond motifs is 1. The molecule has 0 atom stereocenters. The maximum Gasteiger partial charge on any atom is 0.326 e. The number of benzene rings is 1. The van der Waals surface area contributed by atoms with Crippen LogP contribution < -0.4 is 5.69 Å². The lowest BCUT2D eigenvalue weighted by Crippen LogP contribution is -2.40. The molecule has 0 spiro atoms. The van der Waals surface area contributed by atoms with E-state index in [0.29, 0.717) is 19.8 Å².